The lowest BCUT2D eigenvalue weighted by Gasteiger charge is -2.24. The quantitative estimate of drug-likeness (QED) is 0.775. The van der Waals surface area contributed by atoms with Crippen LogP contribution in [0.25, 0.3) is 0 Å². The summed E-state index contributed by atoms with van der Waals surface area (Å²) in [5.74, 6) is 2.37. The highest BCUT2D eigenvalue weighted by atomic mass is 15.1. The SMILES string of the molecule is CNc1cc(NC(CC(C)C)CN(C)C)ncn1. The van der Waals surface area contributed by atoms with Crippen LogP contribution in [0.15, 0.2) is 12.4 Å². The molecule has 0 spiro atoms. The molecule has 0 fully saturated rings. The van der Waals surface area contributed by atoms with Crippen LogP contribution in [0.2, 0.25) is 0 Å². The molecular formula is C13H25N5. The van der Waals surface area contributed by atoms with Crippen molar-refractivity contribution in [1.29, 1.82) is 0 Å². The van der Waals surface area contributed by atoms with Crippen LogP contribution in [0.3, 0.4) is 0 Å². The Hall–Kier alpha value is -1.36. The molecule has 0 aliphatic rings. The molecule has 1 unspecified atom stereocenters. The molecule has 5 heteroatoms. The van der Waals surface area contributed by atoms with Gasteiger partial charge in [-0.05, 0) is 26.4 Å². The van der Waals surface area contributed by atoms with Gasteiger partial charge in [-0.3, -0.25) is 0 Å². The molecular weight excluding hydrogens is 226 g/mol. The lowest BCUT2D eigenvalue weighted by molar-refractivity contribution is 0.356. The zero-order chi connectivity index (χ0) is 13.5. The molecule has 1 rings (SSSR count). The third kappa shape index (κ3) is 5.31. The summed E-state index contributed by atoms with van der Waals surface area (Å²) in [4.78, 5) is 10.6. The van der Waals surface area contributed by atoms with Gasteiger partial charge in [0.25, 0.3) is 0 Å². The predicted molar refractivity (Wildman–Crippen MR) is 77.0 cm³/mol. The number of hydrogen-bond acceptors (Lipinski definition) is 5. The van der Waals surface area contributed by atoms with Gasteiger partial charge in [-0.2, -0.15) is 0 Å². The summed E-state index contributed by atoms with van der Waals surface area (Å²) in [6, 6.07) is 2.34. The van der Waals surface area contributed by atoms with Crippen molar-refractivity contribution in [2.24, 2.45) is 5.92 Å². The van der Waals surface area contributed by atoms with Crippen LogP contribution in [0.5, 0.6) is 0 Å². The van der Waals surface area contributed by atoms with Gasteiger partial charge < -0.3 is 15.5 Å². The van der Waals surface area contributed by atoms with Crippen molar-refractivity contribution in [2.75, 3.05) is 38.3 Å². The Morgan fingerprint density at radius 2 is 1.89 bits per heavy atom. The van der Waals surface area contributed by atoms with Crippen molar-refractivity contribution in [3.63, 3.8) is 0 Å². The first-order valence-corrected chi connectivity index (χ1v) is 6.42. The van der Waals surface area contributed by atoms with Crippen molar-refractivity contribution in [3.05, 3.63) is 12.4 Å². The number of nitrogens with zero attached hydrogens (tertiary/aromatic N) is 3. The second kappa shape index (κ2) is 7.16. The van der Waals surface area contributed by atoms with E-state index in [1.165, 1.54) is 0 Å². The van der Waals surface area contributed by atoms with E-state index in [0.29, 0.717) is 12.0 Å². The predicted octanol–water partition coefficient (Wildman–Crippen LogP) is 1.91. The van der Waals surface area contributed by atoms with Crippen LogP contribution in [0.1, 0.15) is 20.3 Å². The van der Waals surface area contributed by atoms with Crippen LogP contribution >= 0.6 is 0 Å². The number of anilines is 2. The molecule has 0 aromatic carbocycles. The molecule has 1 aromatic heterocycles. The van der Waals surface area contributed by atoms with Gasteiger partial charge in [0, 0.05) is 25.7 Å². The second-order valence-electron chi connectivity index (χ2n) is 5.27. The lowest BCUT2D eigenvalue weighted by Crippen LogP contribution is -2.33. The number of nitrogens with one attached hydrogen (secondary N) is 2. The first-order valence-electron chi connectivity index (χ1n) is 6.42. The van der Waals surface area contributed by atoms with Crippen LogP contribution in [-0.2, 0) is 0 Å². The van der Waals surface area contributed by atoms with Gasteiger partial charge in [0.15, 0.2) is 0 Å². The fraction of sp³-hybridized carbons (Fsp3) is 0.692. The lowest BCUT2D eigenvalue weighted by atomic mass is 10.0. The Kier molecular flexibility index (Phi) is 5.85. The molecule has 5 nitrogen and oxygen atoms in total. The normalized spacial score (nSPS) is 12.8. The molecule has 0 amide bonds. The van der Waals surface area contributed by atoms with E-state index in [1.807, 2.05) is 13.1 Å². The Morgan fingerprint density at radius 3 is 2.44 bits per heavy atom. The first-order chi connectivity index (χ1) is 8.51. The molecule has 0 saturated heterocycles. The van der Waals surface area contributed by atoms with Gasteiger partial charge >= 0.3 is 0 Å². The molecule has 1 aromatic rings. The van der Waals surface area contributed by atoms with Crippen LogP contribution < -0.4 is 10.6 Å². The number of hydrogen-bond donors (Lipinski definition) is 2. The van der Waals surface area contributed by atoms with E-state index in [9.17, 15) is 0 Å². The third-order valence-corrected chi connectivity index (χ3v) is 2.62. The summed E-state index contributed by atoms with van der Waals surface area (Å²) in [6.07, 6.45) is 2.70. The number of likely N-dealkylation sites (N-methyl/N-ethyl adjacent to an activating group) is 1. The molecule has 0 saturated carbocycles. The van der Waals surface area contributed by atoms with Crippen molar-refractivity contribution < 1.29 is 0 Å². The fourth-order valence-electron chi connectivity index (χ4n) is 1.97. The summed E-state index contributed by atoms with van der Waals surface area (Å²) >= 11 is 0. The summed E-state index contributed by atoms with van der Waals surface area (Å²) in [5.41, 5.74) is 0. The van der Waals surface area contributed by atoms with Gasteiger partial charge in [-0.25, -0.2) is 9.97 Å². The molecule has 18 heavy (non-hydrogen) atoms. The largest absolute Gasteiger partial charge is 0.373 e. The maximum atomic E-state index is 4.26. The van der Waals surface area contributed by atoms with E-state index in [4.69, 9.17) is 0 Å². The molecule has 0 aliphatic carbocycles. The van der Waals surface area contributed by atoms with Crippen molar-refractivity contribution in [3.8, 4) is 0 Å². The zero-order valence-corrected chi connectivity index (χ0v) is 12.1. The number of aromatic nitrogens is 2. The van der Waals surface area contributed by atoms with E-state index in [-0.39, 0.29) is 0 Å². The molecule has 1 atom stereocenters. The highest BCUT2D eigenvalue weighted by Gasteiger charge is 2.12. The van der Waals surface area contributed by atoms with Gasteiger partial charge in [0.2, 0.25) is 0 Å². The van der Waals surface area contributed by atoms with E-state index in [1.54, 1.807) is 6.33 Å². The molecule has 102 valence electrons. The highest BCUT2D eigenvalue weighted by Crippen LogP contribution is 2.13. The molecule has 0 radical (unpaired) electrons. The average molecular weight is 251 g/mol. The zero-order valence-electron chi connectivity index (χ0n) is 12.1. The van der Waals surface area contributed by atoms with Crippen molar-refractivity contribution >= 4 is 11.6 Å². The molecule has 1 heterocycles. The first kappa shape index (κ1) is 14.7. The van der Waals surface area contributed by atoms with E-state index >= 15 is 0 Å². The highest BCUT2D eigenvalue weighted by molar-refractivity contribution is 5.46. The topological polar surface area (TPSA) is 53.1 Å². The van der Waals surface area contributed by atoms with Gasteiger partial charge in [-0.15, -0.1) is 0 Å². The minimum Gasteiger partial charge on any atom is -0.373 e. The van der Waals surface area contributed by atoms with E-state index in [2.05, 4.69) is 53.4 Å². The van der Waals surface area contributed by atoms with Gasteiger partial charge in [-0.1, -0.05) is 13.8 Å². The second-order valence-corrected chi connectivity index (χ2v) is 5.27. The van der Waals surface area contributed by atoms with Gasteiger partial charge in [0.1, 0.15) is 18.0 Å². The van der Waals surface area contributed by atoms with Gasteiger partial charge in [0.05, 0.1) is 0 Å². The maximum Gasteiger partial charge on any atom is 0.131 e. The summed E-state index contributed by atoms with van der Waals surface area (Å²) in [5, 5.41) is 6.50. The summed E-state index contributed by atoms with van der Waals surface area (Å²) < 4.78 is 0. The monoisotopic (exact) mass is 251 g/mol. The standard InChI is InChI=1S/C13H25N5/c1-10(2)6-11(8-18(4)5)17-13-7-12(14-3)15-9-16-13/h7,9-11H,6,8H2,1-5H3,(H2,14,15,16,17). The minimum absolute atomic E-state index is 0.402. The Labute approximate surface area is 110 Å². The molecule has 2 N–H and O–H groups in total. The summed E-state index contributed by atoms with van der Waals surface area (Å²) in [7, 11) is 6.04. The van der Waals surface area contributed by atoms with Crippen LogP contribution in [-0.4, -0.2) is 48.6 Å². The smallest absolute Gasteiger partial charge is 0.131 e. The minimum atomic E-state index is 0.402. The van der Waals surface area contributed by atoms with E-state index < -0.39 is 0 Å². The third-order valence-electron chi connectivity index (χ3n) is 2.62. The Morgan fingerprint density at radius 1 is 1.22 bits per heavy atom. The summed E-state index contributed by atoms with van der Waals surface area (Å²) in [6.45, 7) is 5.48. The van der Waals surface area contributed by atoms with Crippen molar-refractivity contribution in [2.45, 2.75) is 26.3 Å². The molecule has 0 bridgehead atoms. The Bertz CT molecular complexity index is 341. The van der Waals surface area contributed by atoms with Crippen LogP contribution in [0.4, 0.5) is 11.6 Å². The van der Waals surface area contributed by atoms with E-state index in [0.717, 1.165) is 24.6 Å². The Balaban J connectivity index is 2.68. The average Bonchev–Trinajstić information content (AvgIpc) is 2.27. The molecule has 0 aliphatic heterocycles. The maximum absolute atomic E-state index is 4.26. The number of rotatable bonds is 7. The van der Waals surface area contributed by atoms with Crippen LogP contribution in [0, 0.1) is 5.92 Å². The fourth-order valence-corrected chi connectivity index (χ4v) is 1.97. The van der Waals surface area contributed by atoms with Crippen molar-refractivity contribution in [1.82, 2.24) is 14.9 Å².